The molecule has 1 rings (SSSR count). The molecule has 0 aliphatic rings. The molecule has 0 radical (unpaired) electrons. The fraction of sp³-hybridized carbons (Fsp3) is 0.800. The van der Waals surface area contributed by atoms with Gasteiger partial charge in [-0.15, -0.1) is 0 Å². The van der Waals surface area contributed by atoms with Gasteiger partial charge in [-0.2, -0.15) is 4.37 Å². The topological polar surface area (TPSA) is 47.0 Å². The lowest BCUT2D eigenvalue weighted by Crippen LogP contribution is -2.21. The highest BCUT2D eigenvalue weighted by atomic mass is 32.1. The zero-order chi connectivity index (χ0) is 11.5. The summed E-state index contributed by atoms with van der Waals surface area (Å²) >= 11 is 1.40. The van der Waals surface area contributed by atoms with Crippen LogP contribution in [-0.4, -0.2) is 29.1 Å². The second kappa shape index (κ2) is 4.90. The highest BCUT2D eigenvalue weighted by Crippen LogP contribution is 2.23. The zero-order valence-corrected chi connectivity index (χ0v) is 10.8. The van der Waals surface area contributed by atoms with Gasteiger partial charge in [0.25, 0.3) is 0 Å². The Labute approximate surface area is 95.2 Å². The molecule has 0 fully saturated rings. The Kier molecular flexibility index (Phi) is 4.04. The van der Waals surface area contributed by atoms with Crippen molar-refractivity contribution in [2.24, 2.45) is 0 Å². The lowest BCUT2D eigenvalue weighted by Gasteiger charge is -2.13. The van der Waals surface area contributed by atoms with Crippen molar-refractivity contribution in [3.8, 4) is 0 Å². The molecule has 0 aromatic carbocycles. The predicted octanol–water partition coefficient (Wildman–Crippen LogP) is 2.28. The van der Waals surface area contributed by atoms with Gasteiger partial charge in [0.2, 0.25) is 5.13 Å². The number of nitrogens with zero attached hydrogens (tertiary/aromatic N) is 2. The number of aromatic nitrogens is 2. The van der Waals surface area contributed by atoms with Crippen LogP contribution in [0.5, 0.6) is 0 Å². The Morgan fingerprint density at radius 3 is 2.60 bits per heavy atom. The van der Waals surface area contributed by atoms with Crippen LogP contribution in [0.1, 0.15) is 33.5 Å². The number of ether oxygens (including phenoxy) is 1. The summed E-state index contributed by atoms with van der Waals surface area (Å²) in [6.45, 7) is 9.05. The van der Waals surface area contributed by atoms with E-state index >= 15 is 0 Å². The second-order valence-electron chi connectivity index (χ2n) is 4.67. The third-order valence-corrected chi connectivity index (χ3v) is 2.53. The predicted molar refractivity (Wildman–Crippen MR) is 63.6 cm³/mol. The molecule has 5 heteroatoms. The first kappa shape index (κ1) is 12.4. The molecule has 0 aliphatic heterocycles. The molecule has 15 heavy (non-hydrogen) atoms. The molecule has 0 amide bonds. The Hall–Kier alpha value is -0.680. The molecular weight excluding hydrogens is 210 g/mol. The summed E-state index contributed by atoms with van der Waals surface area (Å²) in [6.07, 6.45) is 0. The molecule has 4 nitrogen and oxygen atoms in total. The molecule has 1 heterocycles. The number of rotatable bonds is 4. The summed E-state index contributed by atoms with van der Waals surface area (Å²) < 4.78 is 9.37. The van der Waals surface area contributed by atoms with E-state index in [-0.39, 0.29) is 11.5 Å². The minimum absolute atomic E-state index is 0.0148. The van der Waals surface area contributed by atoms with Crippen molar-refractivity contribution in [3.05, 3.63) is 5.82 Å². The van der Waals surface area contributed by atoms with E-state index in [0.29, 0.717) is 6.61 Å². The summed E-state index contributed by atoms with van der Waals surface area (Å²) in [6, 6.07) is 0.260. The maximum atomic E-state index is 5.04. The van der Waals surface area contributed by atoms with E-state index in [0.717, 1.165) is 11.0 Å². The van der Waals surface area contributed by atoms with E-state index in [1.807, 2.05) is 0 Å². The number of nitrogens with one attached hydrogen (secondary N) is 1. The lowest BCUT2D eigenvalue weighted by molar-refractivity contribution is 0.190. The Morgan fingerprint density at radius 1 is 1.47 bits per heavy atom. The normalized spacial score (nSPS) is 13.9. The van der Waals surface area contributed by atoms with E-state index < -0.39 is 0 Å². The molecule has 86 valence electrons. The average Bonchev–Trinajstić information content (AvgIpc) is 2.52. The molecule has 1 aromatic rings. The zero-order valence-electron chi connectivity index (χ0n) is 10.00. The van der Waals surface area contributed by atoms with Crippen LogP contribution < -0.4 is 5.32 Å². The molecule has 0 saturated heterocycles. The van der Waals surface area contributed by atoms with E-state index in [4.69, 9.17) is 4.74 Å². The van der Waals surface area contributed by atoms with Crippen LogP contribution in [0.4, 0.5) is 5.13 Å². The van der Waals surface area contributed by atoms with Crippen molar-refractivity contribution in [3.63, 3.8) is 0 Å². The van der Waals surface area contributed by atoms with E-state index in [1.54, 1.807) is 7.11 Å². The minimum atomic E-state index is 0.0148. The summed E-state index contributed by atoms with van der Waals surface area (Å²) in [5.41, 5.74) is 0.0148. The lowest BCUT2D eigenvalue weighted by atomic mass is 9.96. The first-order chi connectivity index (χ1) is 6.93. The van der Waals surface area contributed by atoms with Crippen molar-refractivity contribution in [1.82, 2.24) is 9.36 Å². The second-order valence-corrected chi connectivity index (χ2v) is 5.43. The van der Waals surface area contributed by atoms with Gasteiger partial charge in [-0.1, -0.05) is 20.8 Å². The molecule has 0 bridgehead atoms. The third-order valence-electron chi connectivity index (χ3n) is 1.88. The minimum Gasteiger partial charge on any atom is -0.383 e. The van der Waals surface area contributed by atoms with Crippen molar-refractivity contribution in [2.75, 3.05) is 19.0 Å². The van der Waals surface area contributed by atoms with Crippen LogP contribution in [0.3, 0.4) is 0 Å². The van der Waals surface area contributed by atoms with Gasteiger partial charge in [0.05, 0.1) is 6.61 Å². The standard InChI is InChI=1S/C10H19N3OS/c1-7(6-14-5)11-9-12-8(13-15-9)10(2,3)4/h7H,6H2,1-5H3,(H,11,12,13). The molecule has 0 saturated carbocycles. The van der Waals surface area contributed by atoms with Crippen LogP contribution in [-0.2, 0) is 10.2 Å². The molecule has 1 unspecified atom stereocenters. The van der Waals surface area contributed by atoms with E-state index in [2.05, 4.69) is 42.4 Å². The van der Waals surface area contributed by atoms with Gasteiger partial charge < -0.3 is 10.1 Å². The molecule has 1 atom stereocenters. The van der Waals surface area contributed by atoms with Crippen LogP contribution in [0.25, 0.3) is 0 Å². The fourth-order valence-electron chi connectivity index (χ4n) is 1.09. The number of hydrogen-bond acceptors (Lipinski definition) is 5. The van der Waals surface area contributed by atoms with Gasteiger partial charge in [-0.25, -0.2) is 4.98 Å². The maximum absolute atomic E-state index is 5.04. The fourth-order valence-corrected chi connectivity index (χ4v) is 1.96. The van der Waals surface area contributed by atoms with Crippen molar-refractivity contribution >= 4 is 16.7 Å². The van der Waals surface area contributed by atoms with Gasteiger partial charge in [0, 0.05) is 30.1 Å². The Balaban J connectivity index is 2.61. The van der Waals surface area contributed by atoms with Crippen molar-refractivity contribution < 1.29 is 4.74 Å². The van der Waals surface area contributed by atoms with Crippen molar-refractivity contribution in [2.45, 2.75) is 39.2 Å². The van der Waals surface area contributed by atoms with Gasteiger partial charge in [0.15, 0.2) is 0 Å². The summed E-state index contributed by atoms with van der Waals surface area (Å²) in [5, 5.41) is 4.12. The monoisotopic (exact) mass is 229 g/mol. The van der Waals surface area contributed by atoms with Crippen LogP contribution in [0.15, 0.2) is 0 Å². The summed E-state index contributed by atoms with van der Waals surface area (Å²) in [5.74, 6) is 0.889. The first-order valence-corrected chi connectivity index (χ1v) is 5.80. The SMILES string of the molecule is COCC(C)Nc1nc(C(C)(C)C)ns1. The van der Waals surface area contributed by atoms with Crippen LogP contribution >= 0.6 is 11.5 Å². The number of anilines is 1. The quantitative estimate of drug-likeness (QED) is 0.860. The molecule has 0 spiro atoms. The molecule has 1 aromatic heterocycles. The highest BCUT2D eigenvalue weighted by molar-refractivity contribution is 7.09. The average molecular weight is 229 g/mol. The number of hydrogen-bond donors (Lipinski definition) is 1. The summed E-state index contributed by atoms with van der Waals surface area (Å²) in [7, 11) is 1.69. The van der Waals surface area contributed by atoms with Crippen molar-refractivity contribution in [1.29, 1.82) is 0 Å². The third kappa shape index (κ3) is 3.76. The van der Waals surface area contributed by atoms with Crippen LogP contribution in [0.2, 0.25) is 0 Å². The smallest absolute Gasteiger partial charge is 0.202 e. The van der Waals surface area contributed by atoms with Gasteiger partial charge >= 0.3 is 0 Å². The van der Waals surface area contributed by atoms with Gasteiger partial charge in [-0.3, -0.25) is 0 Å². The molecule has 1 N–H and O–H groups in total. The molecular formula is C10H19N3OS. The first-order valence-electron chi connectivity index (χ1n) is 5.03. The maximum Gasteiger partial charge on any atom is 0.202 e. The van der Waals surface area contributed by atoms with Gasteiger partial charge in [-0.05, 0) is 6.92 Å². The highest BCUT2D eigenvalue weighted by Gasteiger charge is 2.19. The van der Waals surface area contributed by atoms with E-state index in [1.165, 1.54) is 11.5 Å². The van der Waals surface area contributed by atoms with Gasteiger partial charge in [0.1, 0.15) is 5.82 Å². The molecule has 0 aliphatic carbocycles. The number of methoxy groups -OCH3 is 1. The largest absolute Gasteiger partial charge is 0.383 e. The Bertz CT molecular complexity index is 306. The summed E-state index contributed by atoms with van der Waals surface area (Å²) in [4.78, 5) is 4.44. The Morgan fingerprint density at radius 2 is 2.13 bits per heavy atom. The van der Waals surface area contributed by atoms with E-state index in [9.17, 15) is 0 Å². The van der Waals surface area contributed by atoms with Crippen LogP contribution in [0, 0.1) is 0 Å².